The predicted molar refractivity (Wildman–Crippen MR) is 95.3 cm³/mol. The Morgan fingerprint density at radius 2 is 1.68 bits per heavy atom. The Morgan fingerprint density at radius 1 is 1.00 bits per heavy atom. The maximum atomic E-state index is 12.9. The number of aryl methyl sites for hydroxylation is 1. The van der Waals surface area contributed by atoms with Crippen molar-refractivity contribution in [1.29, 1.82) is 0 Å². The molecule has 2 aromatic carbocycles. The van der Waals surface area contributed by atoms with Crippen molar-refractivity contribution in [3.63, 3.8) is 0 Å². The first-order valence-corrected chi connectivity index (χ1v) is 8.35. The molecule has 0 aliphatic heterocycles. The first kappa shape index (κ1) is 18.6. The monoisotopic (exact) mass is 342 g/mol. The van der Waals surface area contributed by atoms with Gasteiger partial charge in [-0.1, -0.05) is 42.5 Å². The average Bonchev–Trinajstić information content (AvgIpc) is 2.61. The third kappa shape index (κ3) is 6.75. The summed E-state index contributed by atoms with van der Waals surface area (Å²) in [6.45, 7) is 2.27. The van der Waals surface area contributed by atoms with Crippen molar-refractivity contribution in [1.82, 2.24) is 10.2 Å². The quantitative estimate of drug-likeness (QED) is 0.750. The lowest BCUT2D eigenvalue weighted by molar-refractivity contribution is -0.134. The number of rotatable bonds is 8. The standard InChI is InChI=1S/C20H23FN2O2/c1-16(24)23(14-18-9-11-19(21)12-10-18)15-20(25)22-13-5-8-17-6-3-2-4-7-17/h2-4,6-7,9-12H,5,8,13-15H2,1H3,(H,22,25). The van der Waals surface area contributed by atoms with Gasteiger partial charge in [0.15, 0.2) is 0 Å². The lowest BCUT2D eigenvalue weighted by Gasteiger charge is -2.20. The normalized spacial score (nSPS) is 10.3. The van der Waals surface area contributed by atoms with E-state index in [9.17, 15) is 14.0 Å². The second-order valence-electron chi connectivity index (χ2n) is 5.94. The van der Waals surface area contributed by atoms with E-state index >= 15 is 0 Å². The SMILES string of the molecule is CC(=O)N(CC(=O)NCCCc1ccccc1)Cc1ccc(F)cc1. The molecule has 0 bridgehead atoms. The summed E-state index contributed by atoms with van der Waals surface area (Å²) < 4.78 is 12.9. The van der Waals surface area contributed by atoms with Crippen LogP contribution in [-0.4, -0.2) is 29.8 Å². The third-order valence-electron chi connectivity index (χ3n) is 3.87. The van der Waals surface area contributed by atoms with Crippen LogP contribution in [0.4, 0.5) is 4.39 Å². The highest BCUT2D eigenvalue weighted by molar-refractivity contribution is 5.83. The maximum absolute atomic E-state index is 12.9. The third-order valence-corrected chi connectivity index (χ3v) is 3.87. The first-order chi connectivity index (χ1) is 12.0. The van der Waals surface area contributed by atoms with Gasteiger partial charge in [-0.15, -0.1) is 0 Å². The van der Waals surface area contributed by atoms with E-state index in [2.05, 4.69) is 17.4 Å². The molecule has 0 radical (unpaired) electrons. The molecule has 5 heteroatoms. The van der Waals surface area contributed by atoms with E-state index < -0.39 is 0 Å². The van der Waals surface area contributed by atoms with Gasteiger partial charge in [0.1, 0.15) is 5.82 Å². The lowest BCUT2D eigenvalue weighted by Crippen LogP contribution is -2.39. The van der Waals surface area contributed by atoms with Crippen molar-refractivity contribution >= 4 is 11.8 Å². The minimum atomic E-state index is -0.325. The molecule has 0 heterocycles. The molecule has 0 spiro atoms. The van der Waals surface area contributed by atoms with Crippen LogP contribution in [0.3, 0.4) is 0 Å². The van der Waals surface area contributed by atoms with Gasteiger partial charge < -0.3 is 10.2 Å². The summed E-state index contributed by atoms with van der Waals surface area (Å²) in [6, 6.07) is 16.0. The van der Waals surface area contributed by atoms with Crippen LogP contribution in [0.15, 0.2) is 54.6 Å². The van der Waals surface area contributed by atoms with Gasteiger partial charge >= 0.3 is 0 Å². The Bertz CT molecular complexity index is 687. The van der Waals surface area contributed by atoms with Gasteiger partial charge in [-0.25, -0.2) is 4.39 Å². The Balaban J connectivity index is 1.75. The van der Waals surface area contributed by atoms with E-state index in [1.807, 2.05) is 18.2 Å². The summed E-state index contributed by atoms with van der Waals surface area (Å²) in [5, 5.41) is 2.84. The minimum absolute atomic E-state index is 0.00194. The molecule has 0 fully saturated rings. The van der Waals surface area contributed by atoms with Gasteiger partial charge in [-0.2, -0.15) is 0 Å². The van der Waals surface area contributed by atoms with Gasteiger partial charge in [0, 0.05) is 20.0 Å². The fourth-order valence-electron chi connectivity index (χ4n) is 2.48. The van der Waals surface area contributed by atoms with Crippen LogP contribution in [-0.2, 0) is 22.6 Å². The first-order valence-electron chi connectivity index (χ1n) is 8.35. The van der Waals surface area contributed by atoms with Gasteiger partial charge in [0.2, 0.25) is 11.8 Å². The number of halogens is 1. The molecule has 0 aromatic heterocycles. The van der Waals surface area contributed by atoms with Crippen LogP contribution < -0.4 is 5.32 Å². The Labute approximate surface area is 147 Å². The van der Waals surface area contributed by atoms with E-state index in [0.717, 1.165) is 18.4 Å². The fraction of sp³-hybridized carbons (Fsp3) is 0.300. The van der Waals surface area contributed by atoms with Crippen LogP contribution in [0.2, 0.25) is 0 Å². The molecule has 0 saturated heterocycles. The van der Waals surface area contributed by atoms with E-state index in [-0.39, 0.29) is 30.7 Å². The molecule has 0 aliphatic rings. The molecule has 2 aromatic rings. The van der Waals surface area contributed by atoms with E-state index in [0.29, 0.717) is 6.54 Å². The number of carbonyl (C=O) groups is 2. The highest BCUT2D eigenvalue weighted by atomic mass is 19.1. The molecule has 2 amide bonds. The Kier molecular flexibility index (Phi) is 7.14. The number of carbonyl (C=O) groups excluding carboxylic acids is 2. The number of hydrogen-bond acceptors (Lipinski definition) is 2. The summed E-state index contributed by atoms with van der Waals surface area (Å²) in [6.07, 6.45) is 1.74. The minimum Gasteiger partial charge on any atom is -0.355 e. The molecule has 132 valence electrons. The van der Waals surface area contributed by atoms with Crippen molar-refractivity contribution in [3.8, 4) is 0 Å². The van der Waals surface area contributed by atoms with Gasteiger partial charge in [-0.05, 0) is 36.1 Å². The van der Waals surface area contributed by atoms with Crippen molar-refractivity contribution in [2.45, 2.75) is 26.3 Å². The van der Waals surface area contributed by atoms with Crippen molar-refractivity contribution < 1.29 is 14.0 Å². The summed E-state index contributed by atoms with van der Waals surface area (Å²) in [7, 11) is 0. The number of benzene rings is 2. The van der Waals surface area contributed by atoms with E-state index in [1.54, 1.807) is 12.1 Å². The number of nitrogens with zero attached hydrogens (tertiary/aromatic N) is 1. The van der Waals surface area contributed by atoms with Gasteiger partial charge in [0.05, 0.1) is 6.54 Å². The zero-order valence-corrected chi connectivity index (χ0v) is 14.4. The highest BCUT2D eigenvalue weighted by Crippen LogP contribution is 2.07. The summed E-state index contributed by atoms with van der Waals surface area (Å²) in [4.78, 5) is 25.2. The Morgan fingerprint density at radius 3 is 2.32 bits per heavy atom. The van der Waals surface area contributed by atoms with Crippen molar-refractivity contribution in [2.75, 3.05) is 13.1 Å². The zero-order chi connectivity index (χ0) is 18.1. The van der Waals surface area contributed by atoms with Crippen LogP contribution in [0.25, 0.3) is 0 Å². The predicted octanol–water partition coefficient (Wildman–Crippen LogP) is 2.92. The lowest BCUT2D eigenvalue weighted by atomic mass is 10.1. The van der Waals surface area contributed by atoms with Crippen LogP contribution >= 0.6 is 0 Å². The number of amides is 2. The fourth-order valence-corrected chi connectivity index (χ4v) is 2.48. The van der Waals surface area contributed by atoms with Crippen LogP contribution in [0.5, 0.6) is 0 Å². The largest absolute Gasteiger partial charge is 0.355 e. The molecule has 2 rings (SSSR count). The molecule has 25 heavy (non-hydrogen) atoms. The van der Waals surface area contributed by atoms with Crippen molar-refractivity contribution in [3.05, 3.63) is 71.5 Å². The summed E-state index contributed by atoms with van der Waals surface area (Å²) in [5.41, 5.74) is 2.02. The van der Waals surface area contributed by atoms with Gasteiger partial charge in [-0.3, -0.25) is 9.59 Å². The molecule has 0 aliphatic carbocycles. The molecule has 4 nitrogen and oxygen atoms in total. The van der Waals surface area contributed by atoms with E-state index in [4.69, 9.17) is 0 Å². The highest BCUT2D eigenvalue weighted by Gasteiger charge is 2.14. The van der Waals surface area contributed by atoms with Crippen LogP contribution in [0.1, 0.15) is 24.5 Å². The molecule has 1 N–H and O–H groups in total. The maximum Gasteiger partial charge on any atom is 0.239 e. The summed E-state index contributed by atoms with van der Waals surface area (Å²) in [5.74, 6) is -0.705. The zero-order valence-electron chi connectivity index (χ0n) is 14.4. The smallest absolute Gasteiger partial charge is 0.239 e. The topological polar surface area (TPSA) is 49.4 Å². The van der Waals surface area contributed by atoms with E-state index in [1.165, 1.54) is 29.5 Å². The molecular formula is C20H23FN2O2. The molecule has 0 unspecified atom stereocenters. The summed E-state index contributed by atoms with van der Waals surface area (Å²) >= 11 is 0. The second kappa shape index (κ2) is 9.57. The number of hydrogen-bond donors (Lipinski definition) is 1. The average molecular weight is 342 g/mol. The van der Waals surface area contributed by atoms with Crippen molar-refractivity contribution in [2.24, 2.45) is 0 Å². The van der Waals surface area contributed by atoms with Gasteiger partial charge in [0.25, 0.3) is 0 Å². The second-order valence-corrected chi connectivity index (χ2v) is 5.94. The van der Waals surface area contributed by atoms with Crippen LogP contribution in [0, 0.1) is 5.82 Å². The molecule has 0 atom stereocenters. The molecule has 0 saturated carbocycles. The molecular weight excluding hydrogens is 319 g/mol. The Hall–Kier alpha value is -2.69. The number of nitrogens with one attached hydrogen (secondary N) is 1.